The highest BCUT2D eigenvalue weighted by molar-refractivity contribution is 7.10. The van der Waals surface area contributed by atoms with E-state index in [0.717, 1.165) is 16.0 Å². The van der Waals surface area contributed by atoms with E-state index >= 15 is 0 Å². The van der Waals surface area contributed by atoms with Crippen LogP contribution in [0.4, 0.5) is 4.39 Å². The van der Waals surface area contributed by atoms with Gasteiger partial charge in [-0.15, -0.1) is 11.3 Å². The van der Waals surface area contributed by atoms with Crippen LogP contribution < -0.4 is 10.5 Å². The number of hydrogen-bond donors (Lipinski definition) is 1. The second kappa shape index (κ2) is 4.85. The van der Waals surface area contributed by atoms with Gasteiger partial charge in [-0.3, -0.25) is 0 Å². The van der Waals surface area contributed by atoms with Gasteiger partial charge in [0.25, 0.3) is 0 Å². The van der Waals surface area contributed by atoms with Gasteiger partial charge in [0.2, 0.25) is 0 Å². The smallest absolute Gasteiger partial charge is 0.165 e. The third-order valence-electron chi connectivity index (χ3n) is 2.72. The molecule has 0 saturated carbocycles. The molecule has 2 nitrogen and oxygen atoms in total. The van der Waals surface area contributed by atoms with Crippen molar-refractivity contribution in [3.8, 4) is 5.75 Å². The van der Waals surface area contributed by atoms with Gasteiger partial charge >= 0.3 is 0 Å². The molecule has 1 atom stereocenters. The lowest BCUT2D eigenvalue weighted by Crippen LogP contribution is -2.11. The molecule has 1 aromatic carbocycles. The second-order valence-corrected chi connectivity index (χ2v) is 4.79. The van der Waals surface area contributed by atoms with Gasteiger partial charge in [-0.2, -0.15) is 0 Å². The van der Waals surface area contributed by atoms with Gasteiger partial charge in [-0.25, -0.2) is 4.39 Å². The summed E-state index contributed by atoms with van der Waals surface area (Å²) in [4.78, 5) is 1.06. The Balaban J connectivity index is 2.35. The second-order valence-electron chi connectivity index (χ2n) is 3.84. The quantitative estimate of drug-likeness (QED) is 0.908. The van der Waals surface area contributed by atoms with E-state index in [1.54, 1.807) is 23.5 Å². The first kappa shape index (κ1) is 12.1. The number of hydrogen-bond acceptors (Lipinski definition) is 3. The molecule has 0 saturated heterocycles. The van der Waals surface area contributed by atoms with Crippen LogP contribution in [-0.4, -0.2) is 7.11 Å². The fourth-order valence-corrected chi connectivity index (χ4v) is 2.69. The molecular formula is C13H14FNOS. The zero-order chi connectivity index (χ0) is 12.4. The third kappa shape index (κ3) is 2.33. The molecule has 17 heavy (non-hydrogen) atoms. The van der Waals surface area contributed by atoms with Crippen molar-refractivity contribution >= 4 is 11.3 Å². The minimum absolute atomic E-state index is 0.240. The molecular weight excluding hydrogens is 237 g/mol. The number of halogens is 1. The van der Waals surface area contributed by atoms with Gasteiger partial charge < -0.3 is 10.5 Å². The van der Waals surface area contributed by atoms with Gasteiger partial charge in [0.1, 0.15) is 0 Å². The highest BCUT2D eigenvalue weighted by Crippen LogP contribution is 2.29. The molecule has 0 spiro atoms. The molecule has 90 valence electrons. The fraction of sp³-hybridized carbons (Fsp3) is 0.231. The van der Waals surface area contributed by atoms with Crippen molar-refractivity contribution < 1.29 is 9.13 Å². The van der Waals surface area contributed by atoms with Crippen molar-refractivity contribution in [2.24, 2.45) is 5.73 Å². The van der Waals surface area contributed by atoms with Crippen molar-refractivity contribution in [1.29, 1.82) is 0 Å². The summed E-state index contributed by atoms with van der Waals surface area (Å²) < 4.78 is 18.5. The minimum atomic E-state index is -0.380. The number of rotatable bonds is 3. The molecule has 0 radical (unpaired) electrons. The van der Waals surface area contributed by atoms with Gasteiger partial charge in [0, 0.05) is 4.88 Å². The topological polar surface area (TPSA) is 35.2 Å². The first-order valence-electron chi connectivity index (χ1n) is 5.26. The Labute approximate surface area is 104 Å². The molecule has 0 aliphatic carbocycles. The van der Waals surface area contributed by atoms with E-state index < -0.39 is 0 Å². The molecule has 0 bridgehead atoms. The summed E-state index contributed by atoms with van der Waals surface area (Å²) in [5.74, 6) is -0.140. The van der Waals surface area contributed by atoms with Crippen LogP contribution in [-0.2, 0) is 0 Å². The summed E-state index contributed by atoms with van der Waals surface area (Å²) in [7, 11) is 1.45. The lowest BCUT2D eigenvalue weighted by atomic mass is 10.0. The first-order chi connectivity index (χ1) is 8.13. The summed E-state index contributed by atoms with van der Waals surface area (Å²) >= 11 is 1.59. The summed E-state index contributed by atoms with van der Waals surface area (Å²) in [5.41, 5.74) is 8.02. The molecule has 0 aliphatic rings. The Bertz CT molecular complexity index is 524. The molecule has 0 amide bonds. The van der Waals surface area contributed by atoms with Crippen LogP contribution in [0.3, 0.4) is 0 Å². The normalized spacial score (nSPS) is 12.5. The number of aryl methyl sites for hydroxylation is 1. The van der Waals surface area contributed by atoms with E-state index in [4.69, 9.17) is 10.5 Å². The standard InChI is InChI=1S/C13H14FNOS/c1-8-5-6-17-13(8)12(15)9-3-4-11(16-2)10(14)7-9/h3-7,12H,15H2,1-2H3. The van der Waals surface area contributed by atoms with Crippen LogP contribution in [0, 0.1) is 12.7 Å². The molecule has 1 unspecified atom stereocenters. The van der Waals surface area contributed by atoms with Crippen molar-refractivity contribution in [2.45, 2.75) is 13.0 Å². The highest BCUT2D eigenvalue weighted by Gasteiger charge is 2.14. The van der Waals surface area contributed by atoms with E-state index in [1.807, 2.05) is 18.4 Å². The number of thiophene rings is 1. The molecule has 4 heteroatoms. The Morgan fingerprint density at radius 2 is 2.12 bits per heavy atom. The van der Waals surface area contributed by atoms with Crippen LogP contribution in [0.5, 0.6) is 5.75 Å². The Hall–Kier alpha value is -1.39. The van der Waals surface area contributed by atoms with Gasteiger partial charge in [0.15, 0.2) is 11.6 Å². The fourth-order valence-electron chi connectivity index (χ4n) is 1.73. The molecule has 1 heterocycles. The average molecular weight is 251 g/mol. The highest BCUT2D eigenvalue weighted by atomic mass is 32.1. The molecule has 2 N–H and O–H groups in total. The van der Waals surface area contributed by atoms with E-state index in [9.17, 15) is 4.39 Å². The molecule has 2 aromatic rings. The first-order valence-corrected chi connectivity index (χ1v) is 6.14. The number of benzene rings is 1. The van der Waals surface area contributed by atoms with E-state index in [-0.39, 0.29) is 17.6 Å². The number of nitrogens with two attached hydrogens (primary N) is 1. The lowest BCUT2D eigenvalue weighted by molar-refractivity contribution is 0.386. The van der Waals surface area contributed by atoms with Crippen molar-refractivity contribution in [2.75, 3.05) is 7.11 Å². The maximum Gasteiger partial charge on any atom is 0.165 e. The molecule has 1 aromatic heterocycles. The number of methoxy groups -OCH3 is 1. The van der Waals surface area contributed by atoms with E-state index in [2.05, 4.69) is 0 Å². The Morgan fingerprint density at radius 3 is 2.65 bits per heavy atom. The van der Waals surface area contributed by atoms with Crippen molar-refractivity contribution in [3.63, 3.8) is 0 Å². The largest absolute Gasteiger partial charge is 0.494 e. The lowest BCUT2D eigenvalue weighted by Gasteiger charge is -2.12. The molecule has 0 fully saturated rings. The van der Waals surface area contributed by atoms with Crippen LogP contribution in [0.2, 0.25) is 0 Å². The maximum absolute atomic E-state index is 13.6. The zero-order valence-electron chi connectivity index (χ0n) is 9.74. The molecule has 2 rings (SSSR count). The minimum Gasteiger partial charge on any atom is -0.494 e. The Kier molecular flexibility index (Phi) is 3.45. The van der Waals surface area contributed by atoms with E-state index in [1.165, 1.54) is 13.2 Å². The van der Waals surface area contributed by atoms with Crippen LogP contribution in [0.25, 0.3) is 0 Å². The van der Waals surface area contributed by atoms with Crippen LogP contribution in [0.1, 0.15) is 22.0 Å². The predicted molar refractivity (Wildman–Crippen MR) is 68.0 cm³/mol. The van der Waals surface area contributed by atoms with Crippen molar-refractivity contribution in [3.05, 3.63) is 51.5 Å². The summed E-state index contributed by atoms with van der Waals surface area (Å²) in [6, 6.07) is 6.57. The number of ether oxygens (including phenoxy) is 1. The van der Waals surface area contributed by atoms with Gasteiger partial charge in [-0.1, -0.05) is 6.07 Å². The van der Waals surface area contributed by atoms with Crippen molar-refractivity contribution in [1.82, 2.24) is 0 Å². The van der Waals surface area contributed by atoms with Gasteiger partial charge in [0.05, 0.1) is 13.2 Å². The zero-order valence-corrected chi connectivity index (χ0v) is 10.6. The van der Waals surface area contributed by atoms with E-state index in [0.29, 0.717) is 0 Å². The SMILES string of the molecule is COc1ccc(C(N)c2sccc2C)cc1F. The maximum atomic E-state index is 13.6. The summed E-state index contributed by atoms with van der Waals surface area (Å²) in [5, 5.41) is 1.99. The van der Waals surface area contributed by atoms with Gasteiger partial charge in [-0.05, 0) is 41.6 Å². The summed E-state index contributed by atoms with van der Waals surface area (Å²) in [6.45, 7) is 2.01. The third-order valence-corrected chi connectivity index (χ3v) is 3.82. The molecule has 0 aliphatic heterocycles. The van der Waals surface area contributed by atoms with Crippen LogP contribution in [0.15, 0.2) is 29.6 Å². The van der Waals surface area contributed by atoms with Crippen LogP contribution >= 0.6 is 11.3 Å². The predicted octanol–water partition coefficient (Wildman–Crippen LogP) is 3.25. The summed E-state index contributed by atoms with van der Waals surface area (Å²) in [6.07, 6.45) is 0. The Morgan fingerprint density at radius 1 is 1.35 bits per heavy atom. The average Bonchev–Trinajstić information content (AvgIpc) is 2.74. The monoisotopic (exact) mass is 251 g/mol.